The molecule has 0 atom stereocenters. The van der Waals surface area contributed by atoms with E-state index in [2.05, 4.69) is 34.5 Å². The molecule has 7 nitrogen and oxygen atoms in total. The number of benzene rings is 1. The number of halogens is 1. The van der Waals surface area contributed by atoms with Crippen LogP contribution in [-0.4, -0.2) is 25.9 Å². The molecule has 1 N–H and O–H groups in total. The van der Waals surface area contributed by atoms with Gasteiger partial charge < -0.3 is 0 Å². The second kappa shape index (κ2) is 7.75. The van der Waals surface area contributed by atoms with Gasteiger partial charge in [-0.3, -0.25) is 14.9 Å². The SMILES string of the molecule is Cc1cc(=O)c(C(=O)Nc2nnc(CC(C)C)s2)nn1-c1ccccc1F. The van der Waals surface area contributed by atoms with E-state index in [0.717, 1.165) is 11.4 Å². The highest BCUT2D eigenvalue weighted by Crippen LogP contribution is 2.19. The van der Waals surface area contributed by atoms with Crippen LogP contribution < -0.4 is 10.7 Å². The molecule has 9 heteroatoms. The Hall–Kier alpha value is -2.94. The van der Waals surface area contributed by atoms with Gasteiger partial charge in [0.15, 0.2) is 5.69 Å². The molecule has 2 aromatic heterocycles. The molecule has 1 aromatic carbocycles. The Morgan fingerprint density at radius 3 is 2.74 bits per heavy atom. The van der Waals surface area contributed by atoms with Crippen molar-refractivity contribution < 1.29 is 9.18 Å². The Bertz CT molecular complexity index is 1040. The lowest BCUT2D eigenvalue weighted by atomic mass is 10.1. The Balaban J connectivity index is 1.91. The number of nitrogens with zero attached hydrogens (tertiary/aromatic N) is 4. The summed E-state index contributed by atoms with van der Waals surface area (Å²) in [5.41, 5.74) is -0.329. The van der Waals surface area contributed by atoms with Crippen molar-refractivity contribution in [2.45, 2.75) is 27.2 Å². The topological polar surface area (TPSA) is 89.8 Å². The first-order valence-electron chi connectivity index (χ1n) is 8.34. The van der Waals surface area contributed by atoms with Gasteiger partial charge in [0.05, 0.1) is 0 Å². The van der Waals surface area contributed by atoms with Crippen molar-refractivity contribution in [1.82, 2.24) is 20.0 Å². The summed E-state index contributed by atoms with van der Waals surface area (Å²) in [6.45, 7) is 5.73. The summed E-state index contributed by atoms with van der Waals surface area (Å²) in [7, 11) is 0. The molecule has 2 heterocycles. The van der Waals surface area contributed by atoms with Crippen LogP contribution >= 0.6 is 11.3 Å². The van der Waals surface area contributed by atoms with Gasteiger partial charge in [0.2, 0.25) is 10.6 Å². The van der Waals surface area contributed by atoms with Gasteiger partial charge in [-0.25, -0.2) is 9.07 Å². The first kappa shape index (κ1) is 18.8. The summed E-state index contributed by atoms with van der Waals surface area (Å²) in [5.74, 6) is -0.809. The Morgan fingerprint density at radius 1 is 1.30 bits per heavy atom. The zero-order valence-electron chi connectivity index (χ0n) is 15.1. The van der Waals surface area contributed by atoms with Crippen molar-refractivity contribution in [3.8, 4) is 5.69 Å². The zero-order valence-corrected chi connectivity index (χ0v) is 15.9. The van der Waals surface area contributed by atoms with Gasteiger partial charge in [-0.05, 0) is 25.0 Å². The van der Waals surface area contributed by atoms with Crippen LogP contribution in [0.2, 0.25) is 0 Å². The second-order valence-electron chi connectivity index (χ2n) is 6.41. The maximum absolute atomic E-state index is 14.1. The van der Waals surface area contributed by atoms with E-state index in [0.29, 0.717) is 11.6 Å². The van der Waals surface area contributed by atoms with Gasteiger partial charge in [0.1, 0.15) is 16.5 Å². The monoisotopic (exact) mass is 387 g/mol. The largest absolute Gasteiger partial charge is 0.295 e. The third-order valence-electron chi connectivity index (χ3n) is 3.67. The Kier molecular flexibility index (Phi) is 5.41. The van der Waals surface area contributed by atoms with Crippen molar-refractivity contribution in [2.24, 2.45) is 5.92 Å². The number of carbonyl (C=O) groups is 1. The molecule has 140 valence electrons. The van der Waals surface area contributed by atoms with Gasteiger partial charge >= 0.3 is 0 Å². The van der Waals surface area contributed by atoms with Crippen molar-refractivity contribution in [3.63, 3.8) is 0 Å². The van der Waals surface area contributed by atoms with Crippen molar-refractivity contribution >= 4 is 22.4 Å². The molecule has 0 aliphatic carbocycles. The first-order chi connectivity index (χ1) is 12.8. The molecule has 0 unspecified atom stereocenters. The number of carbonyl (C=O) groups excluding carboxylic acids is 1. The van der Waals surface area contributed by atoms with E-state index >= 15 is 0 Å². The second-order valence-corrected chi connectivity index (χ2v) is 7.48. The summed E-state index contributed by atoms with van der Waals surface area (Å²) in [5, 5.41) is 15.6. The number of aryl methyl sites for hydroxylation is 1. The smallest absolute Gasteiger partial charge is 0.282 e. The molecule has 0 saturated heterocycles. The van der Waals surface area contributed by atoms with Crippen molar-refractivity contribution in [2.75, 3.05) is 5.32 Å². The molecule has 0 saturated carbocycles. The van der Waals surface area contributed by atoms with Gasteiger partial charge in [0.25, 0.3) is 5.91 Å². The fraction of sp³-hybridized carbons (Fsp3) is 0.278. The number of anilines is 1. The quantitative estimate of drug-likeness (QED) is 0.727. The molecule has 27 heavy (non-hydrogen) atoms. The number of hydrogen-bond donors (Lipinski definition) is 1. The van der Waals surface area contributed by atoms with Gasteiger partial charge in [-0.1, -0.05) is 37.3 Å². The van der Waals surface area contributed by atoms with E-state index in [1.54, 1.807) is 19.1 Å². The number of amides is 1. The summed E-state index contributed by atoms with van der Waals surface area (Å²) in [6.07, 6.45) is 0.746. The van der Waals surface area contributed by atoms with E-state index in [1.807, 2.05) is 0 Å². The summed E-state index contributed by atoms with van der Waals surface area (Å²) in [6, 6.07) is 7.25. The molecule has 0 spiro atoms. The number of aromatic nitrogens is 4. The maximum Gasteiger partial charge on any atom is 0.282 e. The van der Waals surface area contributed by atoms with E-state index < -0.39 is 17.2 Å². The third kappa shape index (κ3) is 4.25. The summed E-state index contributed by atoms with van der Waals surface area (Å²) in [4.78, 5) is 24.7. The molecular weight excluding hydrogens is 369 g/mol. The van der Waals surface area contributed by atoms with Crippen LogP contribution in [0.3, 0.4) is 0 Å². The average Bonchev–Trinajstić information content (AvgIpc) is 3.02. The minimum Gasteiger partial charge on any atom is -0.295 e. The van der Waals surface area contributed by atoms with E-state index in [1.165, 1.54) is 34.2 Å². The molecule has 0 radical (unpaired) electrons. The highest BCUT2D eigenvalue weighted by molar-refractivity contribution is 7.15. The molecule has 3 rings (SSSR count). The molecule has 0 fully saturated rings. The first-order valence-corrected chi connectivity index (χ1v) is 9.16. The number of hydrogen-bond acceptors (Lipinski definition) is 6. The van der Waals surface area contributed by atoms with Crippen LogP contribution in [0.25, 0.3) is 5.69 Å². The average molecular weight is 387 g/mol. The minimum absolute atomic E-state index is 0.152. The molecule has 0 aliphatic rings. The van der Waals surface area contributed by atoms with Crippen molar-refractivity contribution in [3.05, 3.63) is 62.8 Å². The Morgan fingerprint density at radius 2 is 2.04 bits per heavy atom. The lowest BCUT2D eigenvalue weighted by molar-refractivity contribution is 0.101. The lowest BCUT2D eigenvalue weighted by Crippen LogP contribution is -2.27. The highest BCUT2D eigenvalue weighted by Gasteiger charge is 2.18. The number of rotatable bonds is 5. The third-order valence-corrected chi connectivity index (χ3v) is 4.53. The molecule has 0 aliphatic heterocycles. The van der Waals surface area contributed by atoms with Crippen LogP contribution in [0.4, 0.5) is 9.52 Å². The van der Waals surface area contributed by atoms with Gasteiger partial charge in [0, 0.05) is 18.2 Å². The zero-order chi connectivity index (χ0) is 19.6. The van der Waals surface area contributed by atoms with Crippen molar-refractivity contribution in [1.29, 1.82) is 0 Å². The summed E-state index contributed by atoms with van der Waals surface area (Å²) >= 11 is 1.25. The minimum atomic E-state index is -0.711. The maximum atomic E-state index is 14.1. The predicted molar refractivity (Wildman–Crippen MR) is 101 cm³/mol. The van der Waals surface area contributed by atoms with Gasteiger partial charge in [-0.2, -0.15) is 5.10 Å². The van der Waals surface area contributed by atoms with E-state index in [4.69, 9.17) is 0 Å². The summed E-state index contributed by atoms with van der Waals surface area (Å²) < 4.78 is 15.3. The number of para-hydroxylation sites is 1. The standard InChI is InChI=1S/C18H18FN5O2S/c1-10(2)8-15-21-22-18(27-15)20-17(26)16-14(25)9-11(3)24(23-16)13-7-5-4-6-12(13)19/h4-7,9-10H,8H2,1-3H3,(H,20,22,26). The predicted octanol–water partition coefficient (Wildman–Crippen LogP) is 2.98. The van der Waals surface area contributed by atoms with Crippen LogP contribution in [0.15, 0.2) is 35.1 Å². The van der Waals surface area contributed by atoms with Gasteiger partial charge in [-0.15, -0.1) is 10.2 Å². The van der Waals surface area contributed by atoms with Crippen LogP contribution in [0, 0.1) is 18.7 Å². The van der Waals surface area contributed by atoms with Crippen LogP contribution in [-0.2, 0) is 6.42 Å². The molecule has 0 bridgehead atoms. The highest BCUT2D eigenvalue weighted by atomic mass is 32.1. The number of nitrogens with one attached hydrogen (secondary N) is 1. The van der Waals surface area contributed by atoms with E-state index in [-0.39, 0.29) is 16.5 Å². The fourth-order valence-corrected chi connectivity index (χ4v) is 3.41. The molecule has 3 aromatic rings. The normalized spacial score (nSPS) is 11.0. The van der Waals surface area contributed by atoms with E-state index in [9.17, 15) is 14.0 Å². The lowest BCUT2D eigenvalue weighted by Gasteiger charge is -2.11. The van der Waals surface area contributed by atoms with Crippen LogP contribution in [0.1, 0.15) is 35.0 Å². The van der Waals surface area contributed by atoms with Crippen LogP contribution in [0.5, 0.6) is 0 Å². The Labute approximate surface area is 158 Å². The molecular formula is C18H18FN5O2S. The fourth-order valence-electron chi connectivity index (χ4n) is 2.46. The molecule has 1 amide bonds.